The predicted octanol–water partition coefficient (Wildman–Crippen LogP) is 6.21. The summed E-state index contributed by atoms with van der Waals surface area (Å²) >= 11 is 2.06. The molecule has 0 unspecified atom stereocenters. The molecule has 3 aromatic rings. The van der Waals surface area contributed by atoms with Crippen molar-refractivity contribution in [3.05, 3.63) is 77.9 Å². The number of ether oxygens (including phenoxy) is 1. The van der Waals surface area contributed by atoms with Gasteiger partial charge in [-0.15, -0.1) is 0 Å². The molecule has 4 heteroatoms. The highest BCUT2D eigenvalue weighted by Crippen LogP contribution is 2.30. The minimum atomic E-state index is -0.0528. The molecule has 156 valence electrons. The molecule has 1 aliphatic carbocycles. The average molecular weight is 420 g/mol. The molecular formula is C26H29NO2S. The smallest absolute Gasteiger partial charge is 0.251 e. The number of rotatable bonds is 8. The van der Waals surface area contributed by atoms with Gasteiger partial charge in [0.2, 0.25) is 0 Å². The van der Waals surface area contributed by atoms with Crippen LogP contribution in [0.2, 0.25) is 0 Å². The van der Waals surface area contributed by atoms with Crippen molar-refractivity contribution in [3.63, 3.8) is 0 Å². The fourth-order valence-electron chi connectivity index (χ4n) is 3.95. The third kappa shape index (κ3) is 5.57. The molecule has 0 aliphatic heterocycles. The van der Waals surface area contributed by atoms with Crippen LogP contribution in [0, 0.1) is 0 Å². The standard InChI is InChI=1S/C26H29NO2S/c28-26(22-15-13-20(14-16-22)19-30-23-9-2-1-3-10-23)27-17-18-29-25-12-6-8-21-7-4-5-11-24(21)25/h4-8,11-16,23H,1-3,9-10,17-19H2,(H,27,28). The number of benzene rings is 3. The van der Waals surface area contributed by atoms with Crippen molar-refractivity contribution in [2.24, 2.45) is 0 Å². The first kappa shape index (κ1) is 20.8. The molecular weight excluding hydrogens is 390 g/mol. The molecule has 1 amide bonds. The van der Waals surface area contributed by atoms with E-state index in [0.29, 0.717) is 18.7 Å². The van der Waals surface area contributed by atoms with Crippen LogP contribution in [0.15, 0.2) is 66.7 Å². The van der Waals surface area contributed by atoms with Crippen LogP contribution >= 0.6 is 11.8 Å². The fourth-order valence-corrected chi connectivity index (χ4v) is 5.23. The van der Waals surface area contributed by atoms with Crippen molar-refractivity contribution in [1.29, 1.82) is 0 Å². The van der Waals surface area contributed by atoms with Crippen molar-refractivity contribution in [2.75, 3.05) is 13.2 Å². The number of hydrogen-bond donors (Lipinski definition) is 1. The van der Waals surface area contributed by atoms with Crippen LogP contribution in [0.1, 0.15) is 48.0 Å². The van der Waals surface area contributed by atoms with Crippen molar-refractivity contribution in [3.8, 4) is 5.75 Å². The monoisotopic (exact) mass is 419 g/mol. The highest BCUT2D eigenvalue weighted by molar-refractivity contribution is 7.99. The third-order valence-corrected chi connectivity index (χ3v) is 7.09. The number of nitrogens with one attached hydrogen (secondary N) is 1. The molecule has 1 aliphatic rings. The maximum atomic E-state index is 12.4. The second-order valence-electron chi connectivity index (χ2n) is 7.85. The Hall–Kier alpha value is -2.46. The number of amides is 1. The summed E-state index contributed by atoms with van der Waals surface area (Å²) in [4.78, 5) is 12.4. The van der Waals surface area contributed by atoms with Crippen LogP contribution in [-0.4, -0.2) is 24.3 Å². The first-order valence-corrected chi connectivity index (χ1v) is 11.9. The van der Waals surface area contributed by atoms with Gasteiger partial charge >= 0.3 is 0 Å². The molecule has 1 fully saturated rings. The van der Waals surface area contributed by atoms with E-state index in [-0.39, 0.29) is 5.91 Å². The van der Waals surface area contributed by atoms with Gasteiger partial charge in [0.25, 0.3) is 5.91 Å². The molecule has 1 saturated carbocycles. The quantitative estimate of drug-likeness (QED) is 0.441. The van der Waals surface area contributed by atoms with Crippen LogP contribution in [0.3, 0.4) is 0 Å². The highest BCUT2D eigenvalue weighted by Gasteiger charge is 2.13. The van der Waals surface area contributed by atoms with Crippen LogP contribution in [-0.2, 0) is 5.75 Å². The summed E-state index contributed by atoms with van der Waals surface area (Å²) in [7, 11) is 0. The Morgan fingerprint density at radius 1 is 0.933 bits per heavy atom. The Kier molecular flexibility index (Phi) is 7.30. The zero-order valence-corrected chi connectivity index (χ0v) is 18.1. The van der Waals surface area contributed by atoms with E-state index in [1.807, 2.05) is 36.4 Å². The molecule has 0 bridgehead atoms. The summed E-state index contributed by atoms with van der Waals surface area (Å²) in [5.74, 6) is 1.83. The minimum Gasteiger partial charge on any atom is -0.491 e. The SMILES string of the molecule is O=C(NCCOc1cccc2ccccc12)c1ccc(CSC2CCCCC2)cc1. The topological polar surface area (TPSA) is 38.3 Å². The van der Waals surface area contributed by atoms with E-state index in [1.165, 1.54) is 37.7 Å². The molecule has 0 radical (unpaired) electrons. The van der Waals surface area contributed by atoms with Gasteiger partial charge in [-0.2, -0.15) is 11.8 Å². The summed E-state index contributed by atoms with van der Waals surface area (Å²) in [5, 5.41) is 6.00. The summed E-state index contributed by atoms with van der Waals surface area (Å²) in [6, 6.07) is 22.2. The lowest BCUT2D eigenvalue weighted by Gasteiger charge is -2.20. The second kappa shape index (κ2) is 10.5. The molecule has 0 spiro atoms. The summed E-state index contributed by atoms with van der Waals surface area (Å²) in [6.45, 7) is 0.914. The van der Waals surface area contributed by atoms with E-state index >= 15 is 0 Å². The highest BCUT2D eigenvalue weighted by atomic mass is 32.2. The second-order valence-corrected chi connectivity index (χ2v) is 9.14. The third-order valence-electron chi connectivity index (χ3n) is 5.65. The number of carbonyl (C=O) groups excluding carboxylic acids is 1. The Morgan fingerprint density at radius 2 is 1.70 bits per heavy atom. The molecule has 0 saturated heterocycles. The van der Waals surface area contributed by atoms with Gasteiger partial charge in [-0.3, -0.25) is 4.79 Å². The van der Waals surface area contributed by atoms with E-state index in [9.17, 15) is 4.79 Å². The molecule has 0 aromatic heterocycles. The van der Waals surface area contributed by atoms with Gasteiger partial charge in [0.05, 0.1) is 6.54 Å². The Morgan fingerprint density at radius 3 is 2.53 bits per heavy atom. The minimum absolute atomic E-state index is 0.0528. The maximum Gasteiger partial charge on any atom is 0.251 e. The first-order chi connectivity index (χ1) is 14.8. The first-order valence-electron chi connectivity index (χ1n) is 10.9. The van der Waals surface area contributed by atoms with Gasteiger partial charge in [0.15, 0.2) is 0 Å². The molecule has 30 heavy (non-hydrogen) atoms. The van der Waals surface area contributed by atoms with E-state index in [0.717, 1.165) is 27.5 Å². The van der Waals surface area contributed by atoms with E-state index in [4.69, 9.17) is 4.74 Å². The van der Waals surface area contributed by atoms with Gasteiger partial charge in [-0.25, -0.2) is 0 Å². The van der Waals surface area contributed by atoms with E-state index < -0.39 is 0 Å². The largest absolute Gasteiger partial charge is 0.491 e. The normalized spacial score (nSPS) is 14.5. The Bertz CT molecular complexity index is 959. The van der Waals surface area contributed by atoms with Crippen molar-refractivity contribution < 1.29 is 9.53 Å². The number of hydrogen-bond acceptors (Lipinski definition) is 3. The number of carbonyl (C=O) groups is 1. The van der Waals surface area contributed by atoms with Gasteiger partial charge in [0, 0.05) is 22.0 Å². The zero-order valence-electron chi connectivity index (χ0n) is 17.3. The van der Waals surface area contributed by atoms with Gasteiger partial charge in [-0.1, -0.05) is 67.8 Å². The Labute approximate surface area is 183 Å². The van der Waals surface area contributed by atoms with Gasteiger partial charge < -0.3 is 10.1 Å². The lowest BCUT2D eigenvalue weighted by Crippen LogP contribution is -2.28. The lowest BCUT2D eigenvalue weighted by molar-refractivity contribution is 0.0947. The summed E-state index contributed by atoms with van der Waals surface area (Å²) in [6.07, 6.45) is 6.85. The van der Waals surface area contributed by atoms with E-state index in [1.54, 1.807) is 0 Å². The lowest BCUT2D eigenvalue weighted by atomic mass is 10.0. The molecule has 3 aromatic carbocycles. The van der Waals surface area contributed by atoms with Crippen LogP contribution in [0.5, 0.6) is 5.75 Å². The molecule has 1 N–H and O–H groups in total. The van der Waals surface area contributed by atoms with E-state index in [2.05, 4.69) is 47.4 Å². The molecule has 0 atom stereocenters. The van der Waals surface area contributed by atoms with Crippen LogP contribution in [0.4, 0.5) is 0 Å². The predicted molar refractivity (Wildman–Crippen MR) is 126 cm³/mol. The number of thioether (sulfide) groups is 1. The average Bonchev–Trinajstić information content (AvgIpc) is 2.81. The summed E-state index contributed by atoms with van der Waals surface area (Å²) in [5.41, 5.74) is 1.99. The number of fused-ring (bicyclic) bond motifs is 1. The van der Waals surface area contributed by atoms with Crippen molar-refractivity contribution in [1.82, 2.24) is 5.32 Å². The van der Waals surface area contributed by atoms with Crippen LogP contribution in [0.25, 0.3) is 10.8 Å². The molecule has 0 heterocycles. The van der Waals surface area contributed by atoms with Crippen LogP contribution < -0.4 is 10.1 Å². The zero-order chi connectivity index (χ0) is 20.6. The van der Waals surface area contributed by atoms with Crippen molar-refractivity contribution >= 4 is 28.4 Å². The van der Waals surface area contributed by atoms with Crippen molar-refractivity contribution in [2.45, 2.75) is 43.1 Å². The summed E-state index contributed by atoms with van der Waals surface area (Å²) < 4.78 is 5.90. The molecule has 4 rings (SSSR count). The molecule has 3 nitrogen and oxygen atoms in total. The Balaban J connectivity index is 1.22. The van der Waals surface area contributed by atoms with Gasteiger partial charge in [0.1, 0.15) is 12.4 Å². The fraction of sp³-hybridized carbons (Fsp3) is 0.346. The van der Waals surface area contributed by atoms with Gasteiger partial charge in [-0.05, 0) is 42.0 Å². The maximum absolute atomic E-state index is 12.4.